The molecule has 1 aliphatic rings. The molecule has 0 radical (unpaired) electrons. The largest absolute Gasteiger partial charge is 0.378 e. The maximum absolute atomic E-state index is 12.0. The van der Waals surface area contributed by atoms with Crippen LogP contribution >= 0.6 is 0 Å². The lowest BCUT2D eigenvalue weighted by molar-refractivity contribution is -0.126. The summed E-state index contributed by atoms with van der Waals surface area (Å²) in [5.41, 5.74) is 2.55. The van der Waals surface area contributed by atoms with Crippen molar-refractivity contribution in [3.8, 4) is 0 Å². The maximum Gasteiger partial charge on any atom is 0.239 e. The predicted molar refractivity (Wildman–Crippen MR) is 75.1 cm³/mol. The van der Waals surface area contributed by atoms with Crippen LogP contribution in [0.25, 0.3) is 0 Å². The maximum atomic E-state index is 12.0. The van der Waals surface area contributed by atoms with Crippen molar-refractivity contribution >= 4 is 5.91 Å². The molecule has 1 heterocycles. The summed E-state index contributed by atoms with van der Waals surface area (Å²) < 4.78 is 5.30. The molecule has 2 unspecified atom stereocenters. The Morgan fingerprint density at radius 1 is 1.53 bits per heavy atom. The Bertz CT molecular complexity index is 428. The van der Waals surface area contributed by atoms with E-state index in [4.69, 9.17) is 4.74 Å². The van der Waals surface area contributed by atoms with Crippen molar-refractivity contribution in [1.29, 1.82) is 0 Å². The van der Waals surface area contributed by atoms with Gasteiger partial charge in [0, 0.05) is 12.6 Å². The minimum Gasteiger partial charge on any atom is -0.378 e. The van der Waals surface area contributed by atoms with E-state index in [1.165, 1.54) is 11.1 Å². The number of rotatable bonds is 4. The second-order valence-electron chi connectivity index (χ2n) is 5.12. The fourth-order valence-electron chi connectivity index (χ4n) is 2.30. The van der Waals surface area contributed by atoms with Gasteiger partial charge in [-0.05, 0) is 31.4 Å². The first-order valence-corrected chi connectivity index (χ1v) is 6.83. The fourth-order valence-corrected chi connectivity index (χ4v) is 2.30. The van der Waals surface area contributed by atoms with Crippen molar-refractivity contribution in [2.45, 2.75) is 32.4 Å². The number of carbonyl (C=O) groups excluding carboxylic acids is 1. The van der Waals surface area contributed by atoms with Gasteiger partial charge in [0.15, 0.2) is 0 Å². The number of benzene rings is 1. The van der Waals surface area contributed by atoms with E-state index in [2.05, 4.69) is 29.7 Å². The van der Waals surface area contributed by atoms with E-state index in [0.717, 1.165) is 13.0 Å². The molecule has 19 heavy (non-hydrogen) atoms. The van der Waals surface area contributed by atoms with Crippen LogP contribution in [0.1, 0.15) is 18.1 Å². The molecule has 0 aromatic heterocycles. The third-order valence-electron chi connectivity index (χ3n) is 3.41. The molecule has 1 aromatic carbocycles. The molecule has 2 N–H and O–H groups in total. The van der Waals surface area contributed by atoms with Crippen molar-refractivity contribution in [2.75, 3.05) is 19.8 Å². The second kappa shape index (κ2) is 6.68. The molecule has 0 saturated carbocycles. The van der Waals surface area contributed by atoms with E-state index < -0.39 is 0 Å². The van der Waals surface area contributed by atoms with Gasteiger partial charge in [-0.25, -0.2) is 0 Å². The Morgan fingerprint density at radius 3 is 3.00 bits per heavy atom. The summed E-state index contributed by atoms with van der Waals surface area (Å²) in [4.78, 5) is 12.0. The van der Waals surface area contributed by atoms with Gasteiger partial charge in [-0.15, -0.1) is 0 Å². The van der Waals surface area contributed by atoms with Crippen LogP contribution in [-0.2, 0) is 16.0 Å². The summed E-state index contributed by atoms with van der Waals surface area (Å²) in [5.74, 6) is 0.0285. The molecule has 2 rings (SSSR count). The summed E-state index contributed by atoms with van der Waals surface area (Å²) in [6.45, 7) is 6.02. The van der Waals surface area contributed by atoms with Crippen LogP contribution in [0.3, 0.4) is 0 Å². The van der Waals surface area contributed by atoms with Crippen molar-refractivity contribution in [1.82, 2.24) is 10.6 Å². The molecule has 1 saturated heterocycles. The molecule has 0 aliphatic carbocycles. The molecule has 1 amide bonds. The lowest BCUT2D eigenvalue weighted by Crippen LogP contribution is -2.53. The third kappa shape index (κ3) is 4.04. The monoisotopic (exact) mass is 262 g/mol. The first kappa shape index (κ1) is 14.0. The third-order valence-corrected chi connectivity index (χ3v) is 3.41. The molecule has 1 fully saturated rings. The lowest BCUT2D eigenvalue weighted by atomic mass is 10.0. The number of carbonyl (C=O) groups is 1. The lowest BCUT2D eigenvalue weighted by Gasteiger charge is -2.25. The zero-order valence-corrected chi connectivity index (χ0v) is 11.6. The normalized spacial score (nSPS) is 20.8. The van der Waals surface area contributed by atoms with Crippen molar-refractivity contribution in [3.05, 3.63) is 35.4 Å². The zero-order valence-electron chi connectivity index (χ0n) is 11.6. The molecule has 0 spiro atoms. The fraction of sp³-hybridized carbons (Fsp3) is 0.533. The molecule has 4 nitrogen and oxygen atoms in total. The number of morpholine rings is 1. The van der Waals surface area contributed by atoms with Gasteiger partial charge in [0.1, 0.15) is 6.04 Å². The standard InChI is InChI=1S/C15H22N2O2/c1-11-5-3-4-6-13(11)9-12(2)17-15(18)14-10-19-8-7-16-14/h3-6,12,14,16H,7-10H2,1-2H3,(H,17,18). The van der Waals surface area contributed by atoms with E-state index in [1.54, 1.807) is 0 Å². The first-order valence-electron chi connectivity index (χ1n) is 6.83. The van der Waals surface area contributed by atoms with E-state index in [-0.39, 0.29) is 18.0 Å². The summed E-state index contributed by atoms with van der Waals surface area (Å²) in [6, 6.07) is 8.18. The number of hydrogen-bond donors (Lipinski definition) is 2. The highest BCUT2D eigenvalue weighted by Gasteiger charge is 2.22. The van der Waals surface area contributed by atoms with Crippen LogP contribution in [-0.4, -0.2) is 37.7 Å². The highest BCUT2D eigenvalue weighted by Crippen LogP contribution is 2.09. The molecule has 1 aliphatic heterocycles. The predicted octanol–water partition coefficient (Wildman–Crippen LogP) is 1.03. The average molecular weight is 262 g/mol. The summed E-state index contributed by atoms with van der Waals surface area (Å²) in [6.07, 6.45) is 0.853. The molecular weight excluding hydrogens is 240 g/mol. The minimum absolute atomic E-state index is 0.0285. The number of hydrogen-bond acceptors (Lipinski definition) is 3. The Kier molecular flexibility index (Phi) is 4.93. The Labute approximate surface area is 114 Å². The van der Waals surface area contributed by atoms with Crippen LogP contribution in [0.5, 0.6) is 0 Å². The van der Waals surface area contributed by atoms with Crippen LogP contribution in [0.2, 0.25) is 0 Å². The number of aryl methyl sites for hydroxylation is 1. The summed E-state index contributed by atoms with van der Waals surface area (Å²) in [7, 11) is 0. The van der Waals surface area contributed by atoms with Crippen molar-refractivity contribution in [3.63, 3.8) is 0 Å². The van der Waals surface area contributed by atoms with Gasteiger partial charge in [-0.2, -0.15) is 0 Å². The van der Waals surface area contributed by atoms with Gasteiger partial charge in [-0.1, -0.05) is 24.3 Å². The summed E-state index contributed by atoms with van der Waals surface area (Å²) in [5, 5.41) is 6.21. The van der Waals surface area contributed by atoms with E-state index in [0.29, 0.717) is 13.2 Å². The molecule has 104 valence electrons. The molecule has 1 aromatic rings. The Balaban J connectivity index is 1.85. The highest BCUT2D eigenvalue weighted by molar-refractivity contribution is 5.82. The quantitative estimate of drug-likeness (QED) is 0.852. The summed E-state index contributed by atoms with van der Waals surface area (Å²) >= 11 is 0. The van der Waals surface area contributed by atoms with Crippen LogP contribution in [0.4, 0.5) is 0 Å². The van der Waals surface area contributed by atoms with Crippen molar-refractivity contribution in [2.24, 2.45) is 0 Å². The van der Waals surface area contributed by atoms with Crippen LogP contribution in [0.15, 0.2) is 24.3 Å². The molecular formula is C15H22N2O2. The van der Waals surface area contributed by atoms with E-state index in [9.17, 15) is 4.79 Å². The number of amides is 1. The van der Waals surface area contributed by atoms with Gasteiger partial charge in [0.2, 0.25) is 5.91 Å². The Morgan fingerprint density at radius 2 is 2.32 bits per heavy atom. The molecule has 4 heteroatoms. The average Bonchev–Trinajstić information content (AvgIpc) is 2.42. The van der Waals surface area contributed by atoms with Crippen molar-refractivity contribution < 1.29 is 9.53 Å². The second-order valence-corrected chi connectivity index (χ2v) is 5.12. The Hall–Kier alpha value is -1.39. The van der Waals surface area contributed by atoms with E-state index >= 15 is 0 Å². The molecule has 2 atom stereocenters. The minimum atomic E-state index is -0.215. The van der Waals surface area contributed by atoms with Crippen LogP contribution < -0.4 is 10.6 Å². The SMILES string of the molecule is Cc1ccccc1CC(C)NC(=O)C1COCCN1. The van der Waals surface area contributed by atoms with Gasteiger partial charge >= 0.3 is 0 Å². The molecule has 0 bridgehead atoms. The topological polar surface area (TPSA) is 50.4 Å². The zero-order chi connectivity index (χ0) is 13.7. The van der Waals surface area contributed by atoms with Gasteiger partial charge in [-0.3, -0.25) is 4.79 Å². The van der Waals surface area contributed by atoms with Gasteiger partial charge < -0.3 is 15.4 Å². The highest BCUT2D eigenvalue weighted by atomic mass is 16.5. The van der Waals surface area contributed by atoms with E-state index in [1.807, 2.05) is 19.1 Å². The smallest absolute Gasteiger partial charge is 0.239 e. The first-order chi connectivity index (χ1) is 9.16. The number of nitrogens with one attached hydrogen (secondary N) is 2. The number of ether oxygens (including phenoxy) is 1. The van der Waals surface area contributed by atoms with Gasteiger partial charge in [0.25, 0.3) is 0 Å². The van der Waals surface area contributed by atoms with Gasteiger partial charge in [0.05, 0.1) is 13.2 Å². The van der Waals surface area contributed by atoms with Crippen LogP contribution in [0, 0.1) is 6.92 Å².